The van der Waals surface area contributed by atoms with Crippen molar-refractivity contribution in [2.24, 2.45) is 0 Å². The molecular formula is C18H15F2N3O2. The maximum absolute atomic E-state index is 13.0. The van der Waals surface area contributed by atoms with Gasteiger partial charge >= 0.3 is 6.01 Å². The molecule has 0 radical (unpaired) electrons. The molecule has 0 unspecified atom stereocenters. The van der Waals surface area contributed by atoms with E-state index in [9.17, 15) is 8.78 Å². The largest absolute Gasteiger partial charge is 0.489 e. The molecule has 7 heteroatoms. The number of rotatable bonds is 6. The maximum atomic E-state index is 13.0. The number of hydrogen-bond donors (Lipinski definition) is 1. The predicted molar refractivity (Wildman–Crippen MR) is 87.9 cm³/mol. The number of hydrogen-bond acceptors (Lipinski definition) is 5. The number of benzene rings is 2. The van der Waals surface area contributed by atoms with Gasteiger partial charge in [0.25, 0.3) is 0 Å². The molecule has 0 aliphatic carbocycles. The lowest BCUT2D eigenvalue weighted by atomic mass is 10.2. The van der Waals surface area contributed by atoms with E-state index in [-0.39, 0.29) is 24.3 Å². The van der Waals surface area contributed by atoms with Crippen molar-refractivity contribution in [1.29, 1.82) is 0 Å². The Morgan fingerprint density at radius 2 is 1.44 bits per heavy atom. The molecule has 0 saturated carbocycles. The van der Waals surface area contributed by atoms with Gasteiger partial charge in [-0.2, -0.15) is 4.98 Å². The van der Waals surface area contributed by atoms with Gasteiger partial charge in [-0.1, -0.05) is 24.3 Å². The van der Waals surface area contributed by atoms with Gasteiger partial charge in [0.05, 0.1) is 6.20 Å². The quantitative estimate of drug-likeness (QED) is 0.742. The third-order valence-corrected chi connectivity index (χ3v) is 3.36. The van der Waals surface area contributed by atoms with E-state index in [1.807, 2.05) is 12.1 Å². The second kappa shape index (κ2) is 7.57. The molecule has 1 heterocycles. The Balaban J connectivity index is 1.53. The van der Waals surface area contributed by atoms with E-state index < -0.39 is 5.82 Å². The molecule has 25 heavy (non-hydrogen) atoms. The van der Waals surface area contributed by atoms with Gasteiger partial charge in [-0.25, -0.2) is 13.8 Å². The van der Waals surface area contributed by atoms with Gasteiger partial charge < -0.3 is 15.2 Å². The number of aromatic nitrogens is 2. The van der Waals surface area contributed by atoms with Crippen LogP contribution in [0.15, 0.2) is 54.7 Å². The highest BCUT2D eigenvalue weighted by atomic mass is 19.1. The third-order valence-electron chi connectivity index (χ3n) is 3.36. The molecule has 0 amide bonds. The van der Waals surface area contributed by atoms with Crippen molar-refractivity contribution < 1.29 is 18.3 Å². The minimum absolute atomic E-state index is 0.00976. The molecule has 3 aromatic rings. The van der Waals surface area contributed by atoms with Crippen LogP contribution in [0.25, 0.3) is 0 Å². The number of nitrogens with zero attached hydrogens (tertiary/aromatic N) is 2. The standard InChI is InChI=1S/C18H15F2N3O2/c19-14-5-1-12(2-6-14)10-24-15-7-3-13(4-8-15)11-25-18-22-9-16(20)17(21)23-18/h1-9H,10-11H2,(H2,21,22,23). The fourth-order valence-electron chi connectivity index (χ4n) is 2.01. The second-order valence-electron chi connectivity index (χ2n) is 5.23. The second-order valence-corrected chi connectivity index (χ2v) is 5.23. The smallest absolute Gasteiger partial charge is 0.318 e. The topological polar surface area (TPSA) is 70.3 Å². The molecular weight excluding hydrogens is 328 g/mol. The molecule has 0 aliphatic heterocycles. The fourth-order valence-corrected chi connectivity index (χ4v) is 2.01. The Hall–Kier alpha value is -3.22. The van der Waals surface area contributed by atoms with Gasteiger partial charge in [0.2, 0.25) is 0 Å². The van der Waals surface area contributed by atoms with Crippen LogP contribution in [0.1, 0.15) is 11.1 Å². The van der Waals surface area contributed by atoms with Gasteiger partial charge in [0, 0.05) is 0 Å². The van der Waals surface area contributed by atoms with Crippen LogP contribution in [0.3, 0.4) is 0 Å². The van der Waals surface area contributed by atoms with Crippen molar-refractivity contribution in [3.8, 4) is 11.8 Å². The van der Waals surface area contributed by atoms with E-state index >= 15 is 0 Å². The van der Waals surface area contributed by atoms with Crippen molar-refractivity contribution in [3.05, 3.63) is 77.5 Å². The summed E-state index contributed by atoms with van der Waals surface area (Å²) < 4.78 is 36.8. The van der Waals surface area contributed by atoms with Crippen molar-refractivity contribution in [2.75, 3.05) is 5.73 Å². The highest BCUT2D eigenvalue weighted by Gasteiger charge is 2.05. The summed E-state index contributed by atoms with van der Waals surface area (Å²) in [6, 6.07) is 13.4. The van der Waals surface area contributed by atoms with Gasteiger partial charge in [-0.15, -0.1) is 0 Å². The molecule has 128 valence electrons. The van der Waals surface area contributed by atoms with Crippen LogP contribution < -0.4 is 15.2 Å². The molecule has 0 saturated heterocycles. The average molecular weight is 343 g/mol. The predicted octanol–water partition coefficient (Wildman–Crippen LogP) is 3.50. The molecule has 0 atom stereocenters. The maximum Gasteiger partial charge on any atom is 0.318 e. The number of nitrogen functional groups attached to an aromatic ring is 1. The first-order chi connectivity index (χ1) is 12.1. The first kappa shape index (κ1) is 16.6. The van der Waals surface area contributed by atoms with Crippen molar-refractivity contribution in [1.82, 2.24) is 9.97 Å². The van der Waals surface area contributed by atoms with Crippen molar-refractivity contribution >= 4 is 5.82 Å². The Morgan fingerprint density at radius 3 is 2.08 bits per heavy atom. The van der Waals surface area contributed by atoms with E-state index in [4.69, 9.17) is 15.2 Å². The van der Waals surface area contributed by atoms with Crippen LogP contribution in [-0.2, 0) is 13.2 Å². The molecule has 2 N–H and O–H groups in total. The molecule has 0 aliphatic rings. The van der Waals surface area contributed by atoms with Gasteiger partial charge in [-0.05, 0) is 35.4 Å². The van der Waals surface area contributed by atoms with E-state index in [0.717, 1.165) is 17.3 Å². The van der Waals surface area contributed by atoms with E-state index in [2.05, 4.69) is 9.97 Å². The Kier molecular flexibility index (Phi) is 5.03. The lowest BCUT2D eigenvalue weighted by Crippen LogP contribution is -2.03. The minimum atomic E-state index is -0.685. The van der Waals surface area contributed by atoms with Crippen LogP contribution in [0.5, 0.6) is 11.8 Å². The SMILES string of the molecule is Nc1nc(OCc2ccc(OCc3ccc(F)cc3)cc2)ncc1F. The molecule has 0 spiro atoms. The number of halogens is 2. The lowest BCUT2D eigenvalue weighted by Gasteiger charge is -2.08. The van der Waals surface area contributed by atoms with Crippen LogP contribution in [0.2, 0.25) is 0 Å². The molecule has 0 bridgehead atoms. The summed E-state index contributed by atoms with van der Waals surface area (Å²) in [6.07, 6.45) is 0.962. The number of anilines is 1. The number of nitrogens with two attached hydrogens (primary N) is 1. The third kappa shape index (κ3) is 4.63. The Labute approximate surface area is 143 Å². The van der Waals surface area contributed by atoms with E-state index in [1.54, 1.807) is 24.3 Å². The van der Waals surface area contributed by atoms with Crippen LogP contribution in [0.4, 0.5) is 14.6 Å². The van der Waals surface area contributed by atoms with E-state index in [0.29, 0.717) is 12.4 Å². The first-order valence-corrected chi connectivity index (χ1v) is 7.47. The minimum Gasteiger partial charge on any atom is -0.489 e. The van der Waals surface area contributed by atoms with Gasteiger partial charge in [-0.3, -0.25) is 0 Å². The Bertz CT molecular complexity index is 840. The monoisotopic (exact) mass is 343 g/mol. The Morgan fingerprint density at radius 1 is 0.840 bits per heavy atom. The molecule has 2 aromatic carbocycles. The normalized spacial score (nSPS) is 10.5. The number of ether oxygens (including phenoxy) is 2. The summed E-state index contributed by atoms with van der Waals surface area (Å²) in [6.45, 7) is 0.558. The van der Waals surface area contributed by atoms with Crippen LogP contribution in [-0.4, -0.2) is 9.97 Å². The van der Waals surface area contributed by atoms with Gasteiger partial charge in [0.1, 0.15) is 24.8 Å². The lowest BCUT2D eigenvalue weighted by molar-refractivity contribution is 0.279. The molecule has 0 fully saturated rings. The van der Waals surface area contributed by atoms with Crippen LogP contribution >= 0.6 is 0 Å². The molecule has 1 aromatic heterocycles. The average Bonchev–Trinajstić information content (AvgIpc) is 2.63. The van der Waals surface area contributed by atoms with E-state index in [1.165, 1.54) is 12.1 Å². The summed E-state index contributed by atoms with van der Waals surface area (Å²) in [5.41, 5.74) is 7.09. The van der Waals surface area contributed by atoms with Crippen molar-refractivity contribution in [3.63, 3.8) is 0 Å². The highest BCUT2D eigenvalue weighted by molar-refractivity contribution is 5.30. The summed E-state index contributed by atoms with van der Waals surface area (Å²) in [5.74, 6) is -0.542. The van der Waals surface area contributed by atoms with Crippen molar-refractivity contribution in [2.45, 2.75) is 13.2 Å². The first-order valence-electron chi connectivity index (χ1n) is 7.47. The zero-order chi connectivity index (χ0) is 17.6. The van der Waals surface area contributed by atoms with Gasteiger partial charge in [0.15, 0.2) is 11.6 Å². The van der Waals surface area contributed by atoms with Crippen LogP contribution in [0, 0.1) is 11.6 Å². The summed E-state index contributed by atoms with van der Waals surface area (Å²) in [5, 5.41) is 0. The highest BCUT2D eigenvalue weighted by Crippen LogP contribution is 2.16. The fraction of sp³-hybridized carbons (Fsp3) is 0.111. The molecule has 3 rings (SSSR count). The molecule has 5 nitrogen and oxygen atoms in total. The summed E-state index contributed by atoms with van der Waals surface area (Å²) in [4.78, 5) is 7.39. The summed E-state index contributed by atoms with van der Waals surface area (Å²) >= 11 is 0. The zero-order valence-electron chi connectivity index (χ0n) is 13.2. The zero-order valence-corrected chi connectivity index (χ0v) is 13.2. The summed E-state index contributed by atoms with van der Waals surface area (Å²) in [7, 11) is 0.